The summed E-state index contributed by atoms with van der Waals surface area (Å²) in [6, 6.07) is 0. The highest BCUT2D eigenvalue weighted by molar-refractivity contribution is 7.99. The molecule has 6 heteroatoms. The molecule has 0 aliphatic rings. The van der Waals surface area contributed by atoms with E-state index in [9.17, 15) is 9.90 Å². The number of nitrogens with zero attached hydrogens (tertiary/aromatic N) is 2. The van der Waals surface area contributed by atoms with E-state index in [0.717, 1.165) is 0 Å². The van der Waals surface area contributed by atoms with Gasteiger partial charge in [0.05, 0.1) is 0 Å². The van der Waals surface area contributed by atoms with Gasteiger partial charge in [-0.25, -0.2) is 0 Å². The molecule has 12 heavy (non-hydrogen) atoms. The monoisotopic (exact) mass is 187 g/mol. The highest BCUT2D eigenvalue weighted by Gasteiger charge is 2.01. The van der Waals surface area contributed by atoms with E-state index in [4.69, 9.17) is 4.42 Å². The molecule has 0 unspecified atom stereocenters. The molecule has 0 bridgehead atoms. The first-order chi connectivity index (χ1) is 5.68. The molecule has 1 aromatic rings. The van der Waals surface area contributed by atoms with Crippen molar-refractivity contribution in [2.75, 3.05) is 5.75 Å². The smallest absolute Gasteiger partial charge is 0.276 e. The second-order valence-electron chi connectivity index (χ2n) is 2.06. The van der Waals surface area contributed by atoms with Gasteiger partial charge in [-0.3, -0.25) is 0 Å². The van der Waals surface area contributed by atoms with Gasteiger partial charge in [-0.05, 0) is 6.42 Å². The van der Waals surface area contributed by atoms with Gasteiger partial charge in [-0.2, -0.15) is 0 Å². The molecule has 0 saturated heterocycles. The zero-order valence-corrected chi connectivity index (χ0v) is 7.26. The van der Waals surface area contributed by atoms with Crippen molar-refractivity contribution >= 4 is 17.7 Å². The molecule has 0 amide bonds. The van der Waals surface area contributed by atoms with Gasteiger partial charge in [0.1, 0.15) is 0 Å². The minimum atomic E-state index is -1.07. The molecule has 0 saturated carbocycles. The van der Waals surface area contributed by atoms with Crippen LogP contribution in [0, 0.1) is 6.92 Å². The quantitative estimate of drug-likeness (QED) is 0.597. The topological polar surface area (TPSA) is 79.0 Å². The first-order valence-corrected chi connectivity index (χ1v) is 4.30. The molecule has 1 rings (SSSR count). The zero-order valence-electron chi connectivity index (χ0n) is 6.44. The van der Waals surface area contributed by atoms with Crippen molar-refractivity contribution in [2.45, 2.75) is 18.6 Å². The van der Waals surface area contributed by atoms with E-state index in [1.807, 2.05) is 0 Å². The maximum Gasteiger partial charge on any atom is 0.276 e. The Balaban J connectivity index is 2.29. The van der Waals surface area contributed by atoms with Gasteiger partial charge >= 0.3 is 0 Å². The minimum Gasteiger partial charge on any atom is -0.550 e. The highest BCUT2D eigenvalue weighted by atomic mass is 32.2. The molecule has 1 heterocycles. The lowest BCUT2D eigenvalue weighted by molar-refractivity contribution is -0.305. The average Bonchev–Trinajstić information content (AvgIpc) is 2.35. The zero-order chi connectivity index (χ0) is 8.97. The van der Waals surface area contributed by atoms with Crippen LogP contribution in [-0.2, 0) is 4.79 Å². The summed E-state index contributed by atoms with van der Waals surface area (Å²) in [7, 11) is 0. The number of aromatic nitrogens is 2. The number of aliphatic carboxylic acids is 1. The molecule has 0 aliphatic heterocycles. The number of carbonyl (C=O) groups is 1. The summed E-state index contributed by atoms with van der Waals surface area (Å²) >= 11 is 1.21. The number of carbonyl (C=O) groups excluding carboxylic acids is 1. The first-order valence-electron chi connectivity index (χ1n) is 3.31. The van der Waals surface area contributed by atoms with E-state index in [1.54, 1.807) is 6.92 Å². The number of aryl methyl sites for hydroxylation is 1. The number of rotatable bonds is 4. The number of carboxylic acid groups (broad SMARTS) is 1. The molecule has 5 nitrogen and oxygen atoms in total. The maximum absolute atomic E-state index is 10.0. The number of hydrogen-bond acceptors (Lipinski definition) is 6. The molecule has 0 N–H and O–H groups in total. The Hall–Kier alpha value is -1.04. The van der Waals surface area contributed by atoms with E-state index in [-0.39, 0.29) is 6.42 Å². The average molecular weight is 187 g/mol. The summed E-state index contributed by atoms with van der Waals surface area (Å²) in [4.78, 5) is 10.0. The summed E-state index contributed by atoms with van der Waals surface area (Å²) in [5.41, 5.74) is 0. The van der Waals surface area contributed by atoms with Crippen molar-refractivity contribution in [3.63, 3.8) is 0 Å². The molecule has 1 aromatic heterocycles. The van der Waals surface area contributed by atoms with Crippen LogP contribution in [-0.4, -0.2) is 21.9 Å². The molecular formula is C6H7N2O3S-. The standard InChI is InChI=1S/C6H8N2O3S/c1-4-7-8-6(11-4)12-3-2-5(9)10/h2-3H2,1H3,(H,9,10)/p-1. The molecule has 0 aromatic carbocycles. The summed E-state index contributed by atoms with van der Waals surface area (Å²) in [5, 5.41) is 17.7. The van der Waals surface area contributed by atoms with Gasteiger partial charge in [-0.1, -0.05) is 11.8 Å². The minimum absolute atomic E-state index is 0.00784. The summed E-state index contributed by atoms with van der Waals surface area (Å²) in [6.07, 6.45) is -0.00784. The molecule has 0 atom stereocenters. The number of hydrogen-bond donors (Lipinski definition) is 0. The van der Waals surface area contributed by atoms with E-state index in [1.165, 1.54) is 11.8 Å². The summed E-state index contributed by atoms with van der Waals surface area (Å²) < 4.78 is 4.99. The third kappa shape index (κ3) is 2.91. The predicted molar refractivity (Wildman–Crippen MR) is 39.4 cm³/mol. The van der Waals surface area contributed by atoms with Crippen LogP contribution in [0.3, 0.4) is 0 Å². The van der Waals surface area contributed by atoms with Crippen molar-refractivity contribution in [3.8, 4) is 0 Å². The van der Waals surface area contributed by atoms with Gasteiger partial charge in [-0.15, -0.1) is 10.2 Å². The second kappa shape index (κ2) is 4.10. The molecule has 0 radical (unpaired) electrons. The van der Waals surface area contributed by atoms with Crippen molar-refractivity contribution in [3.05, 3.63) is 5.89 Å². The van der Waals surface area contributed by atoms with Crippen LogP contribution >= 0.6 is 11.8 Å². The Labute approximate surface area is 73.2 Å². The van der Waals surface area contributed by atoms with E-state index < -0.39 is 5.97 Å². The van der Waals surface area contributed by atoms with Crippen LogP contribution in [0.5, 0.6) is 0 Å². The third-order valence-corrected chi connectivity index (χ3v) is 1.86. The lowest BCUT2D eigenvalue weighted by atomic mass is 10.5. The van der Waals surface area contributed by atoms with Crippen LogP contribution < -0.4 is 5.11 Å². The lowest BCUT2D eigenvalue weighted by Crippen LogP contribution is -2.22. The van der Waals surface area contributed by atoms with Crippen LogP contribution in [0.25, 0.3) is 0 Å². The molecule has 0 fully saturated rings. The Morgan fingerprint density at radius 1 is 1.67 bits per heavy atom. The van der Waals surface area contributed by atoms with Crippen molar-refractivity contribution < 1.29 is 14.3 Å². The lowest BCUT2D eigenvalue weighted by Gasteiger charge is -1.97. The first kappa shape index (κ1) is 9.05. The molecule has 0 aliphatic carbocycles. The largest absolute Gasteiger partial charge is 0.550 e. The van der Waals surface area contributed by atoms with Gasteiger partial charge in [0.2, 0.25) is 5.89 Å². The number of carboxylic acids is 1. The molecule has 0 spiro atoms. The normalized spacial score (nSPS) is 10.1. The van der Waals surface area contributed by atoms with Crippen LogP contribution in [0.4, 0.5) is 0 Å². The van der Waals surface area contributed by atoms with Crippen LogP contribution in [0.2, 0.25) is 0 Å². The Morgan fingerprint density at radius 3 is 2.92 bits per heavy atom. The van der Waals surface area contributed by atoms with Gasteiger partial charge in [0, 0.05) is 18.6 Å². The third-order valence-electron chi connectivity index (χ3n) is 1.04. The SMILES string of the molecule is Cc1nnc(SCCC(=O)[O-])o1. The van der Waals surface area contributed by atoms with E-state index in [0.29, 0.717) is 16.9 Å². The fourth-order valence-corrected chi connectivity index (χ4v) is 1.28. The van der Waals surface area contributed by atoms with Crippen molar-refractivity contribution in [2.24, 2.45) is 0 Å². The Bertz CT molecular complexity index is 274. The summed E-state index contributed by atoms with van der Waals surface area (Å²) in [5.74, 6) is -0.200. The number of thioether (sulfide) groups is 1. The van der Waals surface area contributed by atoms with Crippen LogP contribution in [0.15, 0.2) is 9.64 Å². The van der Waals surface area contributed by atoms with Gasteiger partial charge < -0.3 is 14.3 Å². The van der Waals surface area contributed by atoms with Crippen molar-refractivity contribution in [1.82, 2.24) is 10.2 Å². The Kier molecular flexibility index (Phi) is 3.09. The van der Waals surface area contributed by atoms with Crippen molar-refractivity contribution in [1.29, 1.82) is 0 Å². The Morgan fingerprint density at radius 2 is 2.42 bits per heavy atom. The molecular weight excluding hydrogens is 180 g/mol. The van der Waals surface area contributed by atoms with Gasteiger partial charge in [0.25, 0.3) is 5.22 Å². The second-order valence-corrected chi connectivity index (χ2v) is 3.10. The fraction of sp³-hybridized carbons (Fsp3) is 0.500. The van der Waals surface area contributed by atoms with E-state index in [2.05, 4.69) is 10.2 Å². The predicted octanol–water partition coefficient (Wildman–Crippen LogP) is -0.390. The highest BCUT2D eigenvalue weighted by Crippen LogP contribution is 2.15. The van der Waals surface area contributed by atoms with E-state index >= 15 is 0 Å². The maximum atomic E-state index is 10.0. The fourth-order valence-electron chi connectivity index (χ4n) is 0.558. The van der Waals surface area contributed by atoms with Crippen LogP contribution in [0.1, 0.15) is 12.3 Å². The summed E-state index contributed by atoms with van der Waals surface area (Å²) in [6.45, 7) is 1.68. The molecule has 66 valence electrons. The van der Waals surface area contributed by atoms with Gasteiger partial charge in [0.15, 0.2) is 0 Å².